The van der Waals surface area contributed by atoms with E-state index in [2.05, 4.69) is 38.1 Å². The molecule has 4 heteroatoms. The molecule has 0 heterocycles. The van der Waals surface area contributed by atoms with Gasteiger partial charge in [-0.15, -0.1) is 0 Å². The van der Waals surface area contributed by atoms with Crippen molar-refractivity contribution in [2.24, 2.45) is 0 Å². The molecular weight excluding hydrogens is 340 g/mol. The van der Waals surface area contributed by atoms with Crippen LogP contribution in [0, 0.1) is 0 Å². The summed E-state index contributed by atoms with van der Waals surface area (Å²) in [6.45, 7) is 8.85. The van der Waals surface area contributed by atoms with Crippen LogP contribution in [0.2, 0.25) is 0 Å². The maximum Gasteiger partial charge on any atom is 0.119 e. The van der Waals surface area contributed by atoms with E-state index in [1.54, 1.807) is 0 Å². The average molecular weight is 373 g/mol. The van der Waals surface area contributed by atoms with Gasteiger partial charge in [0.2, 0.25) is 0 Å². The lowest BCUT2D eigenvalue weighted by Gasteiger charge is -2.26. The molecule has 0 radical (unpaired) electrons. The maximum absolute atomic E-state index is 9.61. The Balaban J connectivity index is 2.04. The second-order valence-electron chi connectivity index (χ2n) is 7.42. The largest absolute Gasteiger partial charge is 0.491 e. The Morgan fingerprint density at radius 1 is 0.704 bits per heavy atom. The minimum absolute atomic E-state index is 0.164. The number of benzene rings is 2. The average Bonchev–Trinajstić information content (AvgIpc) is 2.70. The summed E-state index contributed by atoms with van der Waals surface area (Å²) in [5.41, 5.74) is 2.20. The molecule has 2 N–H and O–H groups in total. The standard InChI is InChI=1S/C23H32O4/c1-5-19(24)15-26-21-11-7-17(8-12-21)23(3,4)18-9-13-22(14-10-18)27-16-20(25)6-2/h7-14,19-20,24-25H,5-6,15-16H2,1-4H3. The Hall–Kier alpha value is -2.04. The van der Waals surface area contributed by atoms with Crippen molar-refractivity contribution in [3.05, 3.63) is 59.7 Å². The van der Waals surface area contributed by atoms with Crippen LogP contribution in [0.3, 0.4) is 0 Å². The van der Waals surface area contributed by atoms with Gasteiger partial charge in [-0.25, -0.2) is 0 Å². The van der Waals surface area contributed by atoms with Gasteiger partial charge < -0.3 is 19.7 Å². The fourth-order valence-corrected chi connectivity index (χ4v) is 2.72. The van der Waals surface area contributed by atoms with Gasteiger partial charge in [0.05, 0.1) is 12.2 Å². The lowest BCUT2D eigenvalue weighted by molar-refractivity contribution is 0.104. The highest BCUT2D eigenvalue weighted by Crippen LogP contribution is 2.33. The SMILES string of the molecule is CCC(O)COc1ccc(C(C)(C)c2ccc(OCC(O)CC)cc2)cc1. The molecular formula is C23H32O4. The minimum atomic E-state index is -0.430. The van der Waals surface area contributed by atoms with Crippen molar-refractivity contribution in [1.29, 1.82) is 0 Å². The Labute approximate surface area is 162 Å². The van der Waals surface area contributed by atoms with E-state index in [0.29, 0.717) is 26.1 Å². The Kier molecular flexibility index (Phi) is 7.69. The van der Waals surface area contributed by atoms with Crippen molar-refractivity contribution in [3.63, 3.8) is 0 Å². The summed E-state index contributed by atoms with van der Waals surface area (Å²) in [5, 5.41) is 19.2. The van der Waals surface area contributed by atoms with Crippen molar-refractivity contribution in [2.45, 2.75) is 58.2 Å². The molecule has 0 saturated heterocycles. The summed E-state index contributed by atoms with van der Waals surface area (Å²) in [4.78, 5) is 0. The molecule has 0 aromatic heterocycles. The third kappa shape index (κ3) is 5.98. The zero-order chi connectivity index (χ0) is 19.9. The molecule has 148 valence electrons. The van der Waals surface area contributed by atoms with Gasteiger partial charge in [-0.1, -0.05) is 52.0 Å². The van der Waals surface area contributed by atoms with Crippen molar-refractivity contribution in [2.75, 3.05) is 13.2 Å². The van der Waals surface area contributed by atoms with Crippen LogP contribution in [0.15, 0.2) is 48.5 Å². The first kappa shape index (κ1) is 21.3. The van der Waals surface area contributed by atoms with Gasteiger partial charge in [0.25, 0.3) is 0 Å². The van der Waals surface area contributed by atoms with Gasteiger partial charge in [-0.3, -0.25) is 0 Å². The normalized spacial score (nSPS) is 13.9. The molecule has 2 unspecified atom stereocenters. The molecule has 0 amide bonds. The quantitative estimate of drug-likeness (QED) is 0.652. The molecule has 2 rings (SSSR count). The van der Waals surface area contributed by atoms with Crippen molar-refractivity contribution < 1.29 is 19.7 Å². The van der Waals surface area contributed by atoms with E-state index in [1.165, 1.54) is 11.1 Å². The van der Waals surface area contributed by atoms with Crippen LogP contribution in [0.1, 0.15) is 51.7 Å². The van der Waals surface area contributed by atoms with E-state index in [9.17, 15) is 10.2 Å². The van der Waals surface area contributed by atoms with Crippen LogP contribution in [0.4, 0.5) is 0 Å². The monoisotopic (exact) mass is 372 g/mol. The van der Waals surface area contributed by atoms with E-state index in [0.717, 1.165) is 11.5 Å². The highest BCUT2D eigenvalue weighted by Gasteiger charge is 2.23. The Morgan fingerprint density at radius 2 is 1.04 bits per heavy atom. The van der Waals surface area contributed by atoms with Crippen molar-refractivity contribution in [1.82, 2.24) is 0 Å². The second-order valence-corrected chi connectivity index (χ2v) is 7.42. The lowest BCUT2D eigenvalue weighted by Crippen LogP contribution is -2.19. The molecule has 2 aromatic rings. The van der Waals surface area contributed by atoms with Gasteiger partial charge in [0.15, 0.2) is 0 Å². The Bertz CT molecular complexity index is 617. The lowest BCUT2D eigenvalue weighted by atomic mass is 9.78. The second kappa shape index (κ2) is 9.77. The molecule has 0 aliphatic rings. The van der Waals surface area contributed by atoms with E-state index in [-0.39, 0.29) is 5.41 Å². The zero-order valence-electron chi connectivity index (χ0n) is 16.8. The highest BCUT2D eigenvalue weighted by molar-refractivity contribution is 5.41. The maximum atomic E-state index is 9.61. The molecule has 2 atom stereocenters. The molecule has 0 fully saturated rings. The topological polar surface area (TPSA) is 58.9 Å². The summed E-state index contributed by atoms with van der Waals surface area (Å²) in [7, 11) is 0. The van der Waals surface area contributed by atoms with Crippen LogP contribution < -0.4 is 9.47 Å². The first-order valence-corrected chi connectivity index (χ1v) is 9.69. The zero-order valence-corrected chi connectivity index (χ0v) is 16.8. The van der Waals surface area contributed by atoms with Crippen molar-refractivity contribution in [3.8, 4) is 11.5 Å². The van der Waals surface area contributed by atoms with E-state index >= 15 is 0 Å². The number of rotatable bonds is 10. The number of ether oxygens (including phenoxy) is 2. The fourth-order valence-electron chi connectivity index (χ4n) is 2.72. The van der Waals surface area contributed by atoms with Crippen LogP contribution in [0.25, 0.3) is 0 Å². The molecule has 0 aliphatic heterocycles. The third-order valence-corrected chi connectivity index (χ3v) is 4.98. The molecule has 2 aromatic carbocycles. The third-order valence-electron chi connectivity index (χ3n) is 4.98. The Morgan fingerprint density at radius 3 is 1.33 bits per heavy atom. The van der Waals surface area contributed by atoms with Gasteiger partial charge >= 0.3 is 0 Å². The summed E-state index contributed by atoms with van der Waals surface area (Å²) >= 11 is 0. The van der Waals surface area contributed by atoms with E-state index < -0.39 is 12.2 Å². The summed E-state index contributed by atoms with van der Waals surface area (Å²) in [5.74, 6) is 1.53. The number of aliphatic hydroxyl groups excluding tert-OH is 2. The van der Waals surface area contributed by atoms with Gasteiger partial charge in [0, 0.05) is 5.41 Å². The van der Waals surface area contributed by atoms with Gasteiger partial charge in [-0.05, 0) is 48.2 Å². The molecule has 27 heavy (non-hydrogen) atoms. The molecule has 0 saturated carbocycles. The number of hydrogen-bond acceptors (Lipinski definition) is 4. The van der Waals surface area contributed by atoms with Gasteiger partial charge in [-0.2, -0.15) is 0 Å². The molecule has 4 nitrogen and oxygen atoms in total. The first-order chi connectivity index (χ1) is 12.9. The highest BCUT2D eigenvalue weighted by atomic mass is 16.5. The first-order valence-electron chi connectivity index (χ1n) is 9.69. The molecule has 0 bridgehead atoms. The minimum Gasteiger partial charge on any atom is -0.491 e. The van der Waals surface area contributed by atoms with Crippen LogP contribution in [-0.4, -0.2) is 35.6 Å². The summed E-state index contributed by atoms with van der Waals surface area (Å²) in [6, 6.07) is 16.1. The van der Waals surface area contributed by atoms with E-state index in [1.807, 2.05) is 38.1 Å². The predicted molar refractivity (Wildman–Crippen MR) is 109 cm³/mol. The van der Waals surface area contributed by atoms with Crippen LogP contribution in [-0.2, 0) is 5.41 Å². The fraction of sp³-hybridized carbons (Fsp3) is 0.478. The van der Waals surface area contributed by atoms with Crippen LogP contribution in [0.5, 0.6) is 11.5 Å². The van der Waals surface area contributed by atoms with E-state index in [4.69, 9.17) is 9.47 Å². The predicted octanol–water partition coefficient (Wildman–Crippen LogP) is 4.31. The van der Waals surface area contributed by atoms with Crippen molar-refractivity contribution >= 4 is 0 Å². The molecule has 0 spiro atoms. The smallest absolute Gasteiger partial charge is 0.119 e. The van der Waals surface area contributed by atoms with Crippen LogP contribution >= 0.6 is 0 Å². The van der Waals surface area contributed by atoms with Gasteiger partial charge in [0.1, 0.15) is 24.7 Å². The summed E-state index contributed by atoms with van der Waals surface area (Å²) < 4.78 is 11.2. The number of aliphatic hydroxyl groups is 2. The number of hydrogen-bond donors (Lipinski definition) is 2. The summed E-state index contributed by atoms with van der Waals surface area (Å²) in [6.07, 6.45) is 0.505. The molecule has 0 aliphatic carbocycles.